The average Bonchev–Trinajstić information content (AvgIpc) is 3.25. The van der Waals surface area contributed by atoms with Crippen molar-refractivity contribution < 1.29 is 4.74 Å². The summed E-state index contributed by atoms with van der Waals surface area (Å²) in [6.07, 6.45) is 10.2. The van der Waals surface area contributed by atoms with E-state index in [-0.39, 0.29) is 6.04 Å². The molecule has 3 rings (SSSR count). The molecule has 1 atom stereocenters. The minimum atomic E-state index is 0.263. The standard InChI is InChI=1S/C17H27N5O/c1-3-21-8-7-18-17(21)16(15-5-9-23-10-6-15)19-11-14-12-20-22(4-2)13-14/h7-8,12-13,15-16,19H,3-6,9-11H2,1-2H3/t16-/m0/s1. The number of ether oxygens (including phenoxy) is 1. The summed E-state index contributed by atoms with van der Waals surface area (Å²) in [4.78, 5) is 4.64. The highest BCUT2D eigenvalue weighted by atomic mass is 16.5. The summed E-state index contributed by atoms with van der Waals surface area (Å²) < 4.78 is 9.74. The van der Waals surface area contributed by atoms with Gasteiger partial charge in [-0.1, -0.05) is 0 Å². The molecule has 1 saturated heterocycles. The molecular weight excluding hydrogens is 290 g/mol. The van der Waals surface area contributed by atoms with Crippen molar-refractivity contribution in [2.45, 2.75) is 52.4 Å². The van der Waals surface area contributed by atoms with E-state index >= 15 is 0 Å². The number of nitrogens with zero attached hydrogens (tertiary/aromatic N) is 4. The molecule has 1 N–H and O–H groups in total. The molecule has 2 aromatic rings. The monoisotopic (exact) mass is 317 g/mol. The minimum Gasteiger partial charge on any atom is -0.381 e. The van der Waals surface area contributed by atoms with Crippen LogP contribution in [0.3, 0.4) is 0 Å². The van der Waals surface area contributed by atoms with E-state index in [0.717, 1.165) is 51.5 Å². The van der Waals surface area contributed by atoms with Crippen LogP contribution in [0, 0.1) is 5.92 Å². The van der Waals surface area contributed by atoms with E-state index in [4.69, 9.17) is 4.74 Å². The van der Waals surface area contributed by atoms with Gasteiger partial charge in [0.05, 0.1) is 12.2 Å². The first-order valence-electron chi connectivity index (χ1n) is 8.65. The van der Waals surface area contributed by atoms with Crippen molar-refractivity contribution in [2.24, 2.45) is 5.92 Å². The fourth-order valence-electron chi connectivity index (χ4n) is 3.28. The molecule has 0 amide bonds. The number of rotatable bonds is 7. The third kappa shape index (κ3) is 3.82. The third-order valence-electron chi connectivity index (χ3n) is 4.64. The second kappa shape index (κ2) is 7.75. The zero-order chi connectivity index (χ0) is 16.1. The predicted octanol–water partition coefficient (Wildman–Crippen LogP) is 2.38. The molecule has 0 radical (unpaired) electrons. The van der Waals surface area contributed by atoms with E-state index in [1.807, 2.05) is 17.1 Å². The van der Waals surface area contributed by atoms with Crippen LogP contribution in [-0.2, 0) is 24.4 Å². The Morgan fingerprint density at radius 1 is 1.30 bits per heavy atom. The first-order valence-corrected chi connectivity index (χ1v) is 8.65. The minimum absolute atomic E-state index is 0.263. The highest BCUT2D eigenvalue weighted by molar-refractivity contribution is 5.07. The molecule has 126 valence electrons. The Balaban J connectivity index is 1.74. The maximum atomic E-state index is 5.54. The summed E-state index contributed by atoms with van der Waals surface area (Å²) in [5, 5.41) is 8.09. The molecule has 1 aliphatic heterocycles. The van der Waals surface area contributed by atoms with Crippen molar-refractivity contribution in [3.63, 3.8) is 0 Å². The van der Waals surface area contributed by atoms with Crippen molar-refractivity contribution in [3.8, 4) is 0 Å². The number of aromatic nitrogens is 4. The molecule has 0 saturated carbocycles. The Morgan fingerprint density at radius 2 is 2.13 bits per heavy atom. The van der Waals surface area contributed by atoms with Crippen LogP contribution < -0.4 is 5.32 Å². The SMILES string of the molecule is CCn1cc(CN[C@H](c2nccn2CC)C2CCOCC2)cn1. The lowest BCUT2D eigenvalue weighted by atomic mass is 9.91. The summed E-state index contributed by atoms with van der Waals surface area (Å²) in [6, 6.07) is 0.263. The van der Waals surface area contributed by atoms with Gasteiger partial charge in [-0.25, -0.2) is 4.98 Å². The lowest BCUT2D eigenvalue weighted by Crippen LogP contribution is -2.33. The molecule has 6 heteroatoms. The average molecular weight is 317 g/mol. The van der Waals surface area contributed by atoms with Gasteiger partial charge in [-0.2, -0.15) is 5.10 Å². The fourth-order valence-corrected chi connectivity index (χ4v) is 3.28. The Hall–Kier alpha value is -1.66. The normalized spacial score (nSPS) is 17.5. The molecule has 0 unspecified atom stereocenters. The van der Waals surface area contributed by atoms with Crippen molar-refractivity contribution in [1.82, 2.24) is 24.6 Å². The van der Waals surface area contributed by atoms with E-state index in [1.165, 1.54) is 5.56 Å². The van der Waals surface area contributed by atoms with Crippen LogP contribution in [0.1, 0.15) is 44.1 Å². The van der Waals surface area contributed by atoms with Gasteiger partial charge in [-0.05, 0) is 32.6 Å². The van der Waals surface area contributed by atoms with Crippen molar-refractivity contribution in [2.75, 3.05) is 13.2 Å². The summed E-state index contributed by atoms with van der Waals surface area (Å²) >= 11 is 0. The van der Waals surface area contributed by atoms with Crippen LogP contribution >= 0.6 is 0 Å². The second-order valence-corrected chi connectivity index (χ2v) is 6.08. The van der Waals surface area contributed by atoms with Crippen molar-refractivity contribution >= 4 is 0 Å². The van der Waals surface area contributed by atoms with Gasteiger partial charge in [0.15, 0.2) is 0 Å². The summed E-state index contributed by atoms with van der Waals surface area (Å²) in [5.41, 5.74) is 1.22. The van der Waals surface area contributed by atoms with Crippen LogP contribution in [-0.4, -0.2) is 32.5 Å². The van der Waals surface area contributed by atoms with Crippen molar-refractivity contribution in [1.29, 1.82) is 0 Å². The topological polar surface area (TPSA) is 56.9 Å². The predicted molar refractivity (Wildman–Crippen MR) is 88.9 cm³/mol. The van der Waals surface area contributed by atoms with Crippen molar-refractivity contribution in [3.05, 3.63) is 36.2 Å². The molecule has 23 heavy (non-hydrogen) atoms. The lowest BCUT2D eigenvalue weighted by molar-refractivity contribution is 0.0517. The van der Waals surface area contributed by atoms with Gasteiger partial charge in [0.2, 0.25) is 0 Å². The first-order chi connectivity index (χ1) is 11.3. The van der Waals surface area contributed by atoms with Gasteiger partial charge < -0.3 is 14.6 Å². The summed E-state index contributed by atoms with van der Waals surface area (Å²) in [7, 11) is 0. The smallest absolute Gasteiger partial charge is 0.126 e. The van der Waals surface area contributed by atoms with E-state index < -0.39 is 0 Å². The molecule has 3 heterocycles. The number of nitrogens with one attached hydrogen (secondary N) is 1. The Kier molecular flexibility index (Phi) is 5.46. The molecule has 1 aliphatic rings. The van der Waals surface area contributed by atoms with E-state index in [2.05, 4.69) is 46.2 Å². The first kappa shape index (κ1) is 16.2. The molecule has 6 nitrogen and oxygen atoms in total. The fraction of sp³-hybridized carbons (Fsp3) is 0.647. The number of aryl methyl sites for hydroxylation is 2. The van der Waals surface area contributed by atoms with Gasteiger partial charge >= 0.3 is 0 Å². The van der Waals surface area contributed by atoms with Gasteiger partial charge in [0, 0.05) is 57.0 Å². The van der Waals surface area contributed by atoms with Crippen LogP contribution in [0.5, 0.6) is 0 Å². The molecule has 0 aromatic carbocycles. The number of hydrogen-bond acceptors (Lipinski definition) is 4. The van der Waals surface area contributed by atoms with Crippen LogP contribution in [0.15, 0.2) is 24.8 Å². The molecule has 0 bridgehead atoms. The molecule has 0 aliphatic carbocycles. The Bertz CT molecular complexity index is 600. The zero-order valence-electron chi connectivity index (χ0n) is 14.1. The van der Waals surface area contributed by atoms with E-state index in [1.54, 1.807) is 0 Å². The second-order valence-electron chi connectivity index (χ2n) is 6.08. The molecule has 0 spiro atoms. The van der Waals surface area contributed by atoms with Gasteiger partial charge in [-0.15, -0.1) is 0 Å². The maximum Gasteiger partial charge on any atom is 0.126 e. The molecule has 1 fully saturated rings. The Morgan fingerprint density at radius 3 is 2.83 bits per heavy atom. The van der Waals surface area contributed by atoms with Gasteiger partial charge in [0.25, 0.3) is 0 Å². The van der Waals surface area contributed by atoms with E-state index in [0.29, 0.717) is 5.92 Å². The zero-order valence-corrected chi connectivity index (χ0v) is 14.1. The number of hydrogen-bond donors (Lipinski definition) is 1. The Labute approximate surface area is 137 Å². The van der Waals surface area contributed by atoms with Crippen LogP contribution in [0.25, 0.3) is 0 Å². The maximum absolute atomic E-state index is 5.54. The van der Waals surface area contributed by atoms with Gasteiger partial charge in [0.1, 0.15) is 5.82 Å². The third-order valence-corrected chi connectivity index (χ3v) is 4.64. The summed E-state index contributed by atoms with van der Waals surface area (Å²) in [6.45, 7) is 8.64. The summed E-state index contributed by atoms with van der Waals surface area (Å²) in [5.74, 6) is 1.71. The molecular formula is C17H27N5O. The largest absolute Gasteiger partial charge is 0.381 e. The van der Waals surface area contributed by atoms with Crippen LogP contribution in [0.2, 0.25) is 0 Å². The lowest BCUT2D eigenvalue weighted by Gasteiger charge is -2.31. The highest BCUT2D eigenvalue weighted by Gasteiger charge is 2.28. The molecule has 2 aromatic heterocycles. The number of imidazole rings is 1. The van der Waals surface area contributed by atoms with Crippen LogP contribution in [0.4, 0.5) is 0 Å². The highest BCUT2D eigenvalue weighted by Crippen LogP contribution is 2.29. The van der Waals surface area contributed by atoms with E-state index in [9.17, 15) is 0 Å². The quantitative estimate of drug-likeness (QED) is 0.852. The van der Waals surface area contributed by atoms with Gasteiger partial charge in [-0.3, -0.25) is 4.68 Å².